The molecule has 0 radical (unpaired) electrons. The smallest absolute Gasteiger partial charge is 0.272 e. The van der Waals surface area contributed by atoms with Gasteiger partial charge in [0.15, 0.2) is 5.69 Å². The Hall–Kier alpha value is -3.46. The van der Waals surface area contributed by atoms with Crippen LogP contribution in [0.3, 0.4) is 0 Å². The normalized spacial score (nSPS) is 19.6. The Kier molecular flexibility index (Phi) is 5.29. The molecule has 0 atom stereocenters. The highest BCUT2D eigenvalue weighted by Crippen LogP contribution is 2.33. The van der Waals surface area contributed by atoms with Gasteiger partial charge in [0.05, 0.1) is 30.3 Å². The van der Waals surface area contributed by atoms with E-state index < -0.39 is 0 Å². The number of rotatable bonds is 3. The van der Waals surface area contributed by atoms with E-state index in [0.717, 1.165) is 28.7 Å². The van der Waals surface area contributed by atoms with E-state index in [1.165, 1.54) is 0 Å². The first kappa shape index (κ1) is 23.0. The molecule has 9 heteroatoms. The van der Waals surface area contributed by atoms with Crippen LogP contribution in [0.15, 0.2) is 36.5 Å². The maximum absolute atomic E-state index is 13.4. The lowest BCUT2D eigenvalue weighted by Gasteiger charge is -2.44. The summed E-state index contributed by atoms with van der Waals surface area (Å²) in [6.07, 6.45) is 4.19. The van der Waals surface area contributed by atoms with Gasteiger partial charge >= 0.3 is 0 Å². The van der Waals surface area contributed by atoms with Crippen LogP contribution in [0.5, 0.6) is 0 Å². The first-order chi connectivity index (χ1) is 17.2. The number of likely N-dealkylation sites (tertiary alicyclic amines) is 1. The van der Waals surface area contributed by atoms with Crippen LogP contribution >= 0.6 is 0 Å². The lowest BCUT2D eigenvalue weighted by atomic mass is 9.79. The van der Waals surface area contributed by atoms with Gasteiger partial charge in [-0.1, -0.05) is 6.07 Å². The van der Waals surface area contributed by atoms with Gasteiger partial charge < -0.3 is 20.3 Å². The molecular formula is C27H32N6O3. The summed E-state index contributed by atoms with van der Waals surface area (Å²) in [5.41, 5.74) is 2.43. The molecule has 1 aromatic carbocycles. The molecular weight excluding hydrogens is 456 g/mol. The monoisotopic (exact) mass is 488 g/mol. The molecule has 1 spiro atoms. The molecule has 0 aliphatic carbocycles. The second-order valence-electron chi connectivity index (χ2n) is 11.3. The zero-order valence-electron chi connectivity index (χ0n) is 21.0. The van der Waals surface area contributed by atoms with E-state index in [-0.39, 0.29) is 22.9 Å². The summed E-state index contributed by atoms with van der Waals surface area (Å²) in [4.78, 5) is 32.9. The van der Waals surface area contributed by atoms with Crippen LogP contribution in [0.4, 0.5) is 5.82 Å². The lowest BCUT2D eigenvalue weighted by Crippen LogP contribution is -2.59. The zero-order valence-corrected chi connectivity index (χ0v) is 21.0. The number of carbonyl (C=O) groups excluding carboxylic acids is 2. The average molecular weight is 489 g/mol. The highest BCUT2D eigenvalue weighted by molar-refractivity contribution is 5.98. The van der Waals surface area contributed by atoms with Crippen molar-refractivity contribution in [3.63, 3.8) is 0 Å². The topological polar surface area (TPSA) is 101 Å². The number of ether oxygens (including phenoxy) is 1. The number of nitrogens with one attached hydrogen (secondary N) is 2. The van der Waals surface area contributed by atoms with Crippen LogP contribution in [-0.2, 0) is 16.7 Å². The van der Waals surface area contributed by atoms with Gasteiger partial charge in [-0.3, -0.25) is 14.3 Å². The summed E-state index contributed by atoms with van der Waals surface area (Å²) in [5, 5.41) is 12.1. The molecule has 0 bridgehead atoms. The van der Waals surface area contributed by atoms with Gasteiger partial charge in [0.25, 0.3) is 11.8 Å². The summed E-state index contributed by atoms with van der Waals surface area (Å²) in [5.74, 6) is 0.683. The Morgan fingerprint density at radius 3 is 2.61 bits per heavy atom. The summed E-state index contributed by atoms with van der Waals surface area (Å²) in [7, 11) is 0. The number of aromatic nitrogens is 3. The number of hydrogen-bond donors (Lipinski definition) is 2. The molecule has 0 saturated carbocycles. The number of pyridine rings is 1. The maximum atomic E-state index is 13.4. The third-order valence-corrected chi connectivity index (χ3v) is 7.54. The van der Waals surface area contributed by atoms with E-state index in [9.17, 15) is 9.59 Å². The lowest BCUT2D eigenvalue weighted by molar-refractivity contribution is 0.0209. The predicted octanol–water partition coefficient (Wildman–Crippen LogP) is 2.96. The van der Waals surface area contributed by atoms with Crippen LogP contribution in [0.25, 0.3) is 10.9 Å². The van der Waals surface area contributed by atoms with Gasteiger partial charge in [0.1, 0.15) is 5.82 Å². The van der Waals surface area contributed by atoms with Crippen LogP contribution in [0, 0.1) is 0 Å². The van der Waals surface area contributed by atoms with Gasteiger partial charge in [0, 0.05) is 41.3 Å². The van der Waals surface area contributed by atoms with E-state index in [4.69, 9.17) is 9.72 Å². The van der Waals surface area contributed by atoms with Crippen molar-refractivity contribution in [3.8, 4) is 0 Å². The molecule has 9 nitrogen and oxygen atoms in total. The second-order valence-corrected chi connectivity index (χ2v) is 11.3. The SMILES string of the molecule is CC(C)(C)n1cc2c(n1)C(=O)NC1(CCN(C(=O)c3ccc4ccc(NC5COC5)nc4c3)CC1)C2. The number of nitrogens with zero attached hydrogens (tertiary/aromatic N) is 4. The third kappa shape index (κ3) is 4.11. The minimum absolute atomic E-state index is 0.00248. The molecule has 2 amide bonds. The quantitative estimate of drug-likeness (QED) is 0.588. The molecule has 2 saturated heterocycles. The molecule has 3 aliphatic rings. The van der Waals surface area contributed by atoms with Crippen LogP contribution in [0.2, 0.25) is 0 Å². The molecule has 5 heterocycles. The van der Waals surface area contributed by atoms with Crippen molar-refractivity contribution in [1.82, 2.24) is 25.0 Å². The second kappa shape index (κ2) is 8.30. The highest BCUT2D eigenvalue weighted by Gasteiger charge is 2.43. The standard InChI is InChI=1S/C27H32N6O3/c1-26(2,3)33-14-19-13-27(30-24(34)23(19)31-33)8-10-32(11-9-27)25(35)18-5-4-17-6-7-22(29-21(17)12-18)28-20-15-36-16-20/h4-7,12,14,20H,8-11,13,15-16H2,1-3H3,(H,28,29)(H,30,34). The molecule has 3 aliphatic heterocycles. The third-order valence-electron chi connectivity index (χ3n) is 7.54. The van der Waals surface area contributed by atoms with Crippen molar-refractivity contribution in [2.75, 3.05) is 31.6 Å². The van der Waals surface area contributed by atoms with Crippen molar-refractivity contribution in [2.24, 2.45) is 0 Å². The summed E-state index contributed by atoms with van der Waals surface area (Å²) >= 11 is 0. The van der Waals surface area contributed by atoms with Gasteiger partial charge in [0.2, 0.25) is 0 Å². The first-order valence-electron chi connectivity index (χ1n) is 12.7. The molecule has 188 valence electrons. The number of fused-ring (bicyclic) bond motifs is 2. The Morgan fingerprint density at radius 1 is 1.17 bits per heavy atom. The van der Waals surface area contributed by atoms with E-state index in [1.807, 2.05) is 46.1 Å². The number of amides is 2. The Labute approximate surface area is 210 Å². The Morgan fingerprint density at radius 2 is 1.92 bits per heavy atom. The largest absolute Gasteiger partial charge is 0.377 e. The van der Waals surface area contributed by atoms with Gasteiger partial charge in [-0.15, -0.1) is 0 Å². The van der Waals surface area contributed by atoms with E-state index in [2.05, 4.69) is 36.5 Å². The number of carbonyl (C=O) groups is 2. The summed E-state index contributed by atoms with van der Waals surface area (Å²) in [6, 6.07) is 9.97. The summed E-state index contributed by atoms with van der Waals surface area (Å²) < 4.78 is 7.10. The summed E-state index contributed by atoms with van der Waals surface area (Å²) in [6.45, 7) is 8.79. The maximum Gasteiger partial charge on any atom is 0.272 e. The van der Waals surface area contributed by atoms with Crippen LogP contribution in [-0.4, -0.2) is 69.4 Å². The zero-order chi connectivity index (χ0) is 25.1. The van der Waals surface area contributed by atoms with Gasteiger partial charge in [-0.2, -0.15) is 5.10 Å². The van der Waals surface area contributed by atoms with Crippen LogP contribution in [0.1, 0.15) is 60.0 Å². The highest BCUT2D eigenvalue weighted by atomic mass is 16.5. The minimum atomic E-state index is -0.330. The fourth-order valence-corrected chi connectivity index (χ4v) is 5.26. The number of piperidine rings is 1. The van der Waals surface area contributed by atoms with Crippen molar-refractivity contribution in [3.05, 3.63) is 53.3 Å². The first-order valence-corrected chi connectivity index (χ1v) is 12.7. The van der Waals surface area contributed by atoms with Gasteiger partial charge in [-0.25, -0.2) is 4.98 Å². The molecule has 2 N–H and O–H groups in total. The Balaban J connectivity index is 1.16. The molecule has 3 aromatic rings. The number of anilines is 1. The molecule has 0 unspecified atom stereocenters. The van der Waals surface area contributed by atoms with Crippen molar-refractivity contribution in [2.45, 2.75) is 57.2 Å². The minimum Gasteiger partial charge on any atom is -0.377 e. The van der Waals surface area contributed by atoms with E-state index in [0.29, 0.717) is 56.4 Å². The van der Waals surface area contributed by atoms with Crippen LogP contribution < -0.4 is 10.6 Å². The predicted molar refractivity (Wildman–Crippen MR) is 136 cm³/mol. The number of benzene rings is 1. The van der Waals surface area contributed by atoms with E-state index >= 15 is 0 Å². The van der Waals surface area contributed by atoms with Crippen molar-refractivity contribution < 1.29 is 14.3 Å². The number of hydrogen-bond acceptors (Lipinski definition) is 6. The van der Waals surface area contributed by atoms with E-state index in [1.54, 1.807) is 0 Å². The fourth-order valence-electron chi connectivity index (χ4n) is 5.26. The molecule has 2 fully saturated rings. The Bertz CT molecular complexity index is 1350. The molecule has 36 heavy (non-hydrogen) atoms. The van der Waals surface area contributed by atoms with Gasteiger partial charge in [-0.05, 0) is 64.3 Å². The molecule has 6 rings (SSSR count). The van der Waals surface area contributed by atoms with Crippen molar-refractivity contribution in [1.29, 1.82) is 0 Å². The molecule has 2 aromatic heterocycles. The van der Waals surface area contributed by atoms with Crippen molar-refractivity contribution >= 4 is 28.5 Å². The fraction of sp³-hybridized carbons (Fsp3) is 0.481. The average Bonchev–Trinajstić information content (AvgIpc) is 3.26.